The first-order valence-corrected chi connectivity index (χ1v) is 15.0. The molecule has 43 heavy (non-hydrogen) atoms. The number of nitrogens with zero attached hydrogens (tertiary/aromatic N) is 6. The molecule has 2 aliphatic rings. The third kappa shape index (κ3) is 7.32. The SMILES string of the molecule is CC1CN(c2cc(Cl)nc(SCC(=O)N3CCN(c4cccc(C(F)(F)F)c4)CC3)n2)CCN1C(=O)c1ccccc1F. The summed E-state index contributed by atoms with van der Waals surface area (Å²) in [6.07, 6.45) is -4.41. The van der Waals surface area contributed by atoms with Crippen molar-refractivity contribution >= 4 is 46.7 Å². The van der Waals surface area contributed by atoms with Crippen LogP contribution in [0.3, 0.4) is 0 Å². The summed E-state index contributed by atoms with van der Waals surface area (Å²) >= 11 is 7.44. The van der Waals surface area contributed by atoms with Gasteiger partial charge in [0.15, 0.2) is 5.16 Å². The number of hydrogen-bond acceptors (Lipinski definition) is 7. The zero-order chi connectivity index (χ0) is 30.7. The Labute approximate surface area is 255 Å². The third-order valence-electron chi connectivity index (χ3n) is 7.47. The van der Waals surface area contributed by atoms with E-state index < -0.39 is 17.6 Å². The second kappa shape index (κ2) is 13.0. The van der Waals surface area contributed by atoms with Crippen LogP contribution in [0.25, 0.3) is 0 Å². The number of carbonyl (C=O) groups excluding carboxylic acids is 2. The maximum atomic E-state index is 14.2. The summed E-state index contributed by atoms with van der Waals surface area (Å²) in [5, 5.41) is 0.545. The van der Waals surface area contributed by atoms with E-state index >= 15 is 0 Å². The zero-order valence-electron chi connectivity index (χ0n) is 23.2. The number of benzene rings is 2. The van der Waals surface area contributed by atoms with Crippen molar-refractivity contribution in [3.63, 3.8) is 0 Å². The van der Waals surface area contributed by atoms with Gasteiger partial charge >= 0.3 is 6.18 Å². The molecule has 2 aromatic carbocycles. The molecule has 2 fully saturated rings. The fourth-order valence-electron chi connectivity index (χ4n) is 5.18. The molecule has 14 heteroatoms. The smallest absolute Gasteiger partial charge is 0.368 e. The van der Waals surface area contributed by atoms with E-state index in [-0.39, 0.29) is 34.3 Å². The normalized spacial score (nSPS) is 17.8. The van der Waals surface area contributed by atoms with Gasteiger partial charge in [0.1, 0.15) is 16.8 Å². The van der Waals surface area contributed by atoms with Crippen molar-refractivity contribution in [2.75, 3.05) is 61.4 Å². The van der Waals surface area contributed by atoms with Gasteiger partial charge in [-0.05, 0) is 37.3 Å². The van der Waals surface area contributed by atoms with Gasteiger partial charge in [-0.15, -0.1) is 0 Å². The van der Waals surface area contributed by atoms with Crippen molar-refractivity contribution in [2.24, 2.45) is 0 Å². The Bertz CT molecular complexity index is 1490. The Hall–Kier alpha value is -3.58. The Kier molecular flexibility index (Phi) is 9.30. The van der Waals surface area contributed by atoms with Gasteiger partial charge in [-0.25, -0.2) is 14.4 Å². The van der Waals surface area contributed by atoms with E-state index in [9.17, 15) is 27.2 Å². The first kappa shape index (κ1) is 30.9. The highest BCUT2D eigenvalue weighted by atomic mass is 35.5. The molecule has 2 aliphatic heterocycles. The molecule has 228 valence electrons. The summed E-state index contributed by atoms with van der Waals surface area (Å²) in [5.74, 6) is -0.415. The number of rotatable bonds is 6. The molecule has 3 aromatic rings. The van der Waals surface area contributed by atoms with Crippen LogP contribution in [-0.2, 0) is 11.0 Å². The van der Waals surface area contributed by atoms with Crippen LogP contribution in [0.2, 0.25) is 5.15 Å². The number of anilines is 2. The van der Waals surface area contributed by atoms with Crippen LogP contribution in [0.4, 0.5) is 29.1 Å². The van der Waals surface area contributed by atoms with E-state index in [0.717, 1.165) is 23.9 Å². The Balaban J connectivity index is 1.15. The molecule has 0 saturated carbocycles. The number of amides is 2. The van der Waals surface area contributed by atoms with Crippen LogP contribution >= 0.6 is 23.4 Å². The fraction of sp³-hybridized carbons (Fsp3) is 0.379. The minimum absolute atomic E-state index is 0.0355. The van der Waals surface area contributed by atoms with Gasteiger partial charge in [0, 0.05) is 63.6 Å². The van der Waals surface area contributed by atoms with E-state index in [0.29, 0.717) is 62.5 Å². The molecule has 1 atom stereocenters. The molecular formula is C29H29ClF4N6O2S. The number of halogens is 5. The van der Waals surface area contributed by atoms with Crippen LogP contribution < -0.4 is 9.80 Å². The quantitative estimate of drug-likeness (QED) is 0.162. The summed E-state index contributed by atoms with van der Waals surface area (Å²) < 4.78 is 53.5. The lowest BCUT2D eigenvalue weighted by molar-refractivity contribution is -0.137. The van der Waals surface area contributed by atoms with Crippen molar-refractivity contribution in [1.29, 1.82) is 0 Å². The average molecular weight is 637 g/mol. The lowest BCUT2D eigenvalue weighted by Gasteiger charge is -2.40. The van der Waals surface area contributed by atoms with Crippen molar-refractivity contribution in [1.82, 2.24) is 19.8 Å². The van der Waals surface area contributed by atoms with Gasteiger partial charge in [0.2, 0.25) is 5.91 Å². The fourth-order valence-corrected chi connectivity index (χ4v) is 6.16. The van der Waals surface area contributed by atoms with Gasteiger partial charge in [0.05, 0.1) is 16.9 Å². The molecular weight excluding hydrogens is 608 g/mol. The number of alkyl halides is 3. The standard InChI is InChI=1S/C29H29ClF4N6O2S/c1-19-17-39(13-14-40(19)27(42)22-7-2-3-8-23(22)31)25-16-24(30)35-28(36-25)43-18-26(41)38-11-9-37(10-12-38)21-6-4-5-20(15-21)29(32,33)34/h2-8,15-16,19H,9-14,17-18H2,1H3. The van der Waals surface area contributed by atoms with Crippen LogP contribution in [0.1, 0.15) is 22.8 Å². The molecule has 5 rings (SSSR count). The van der Waals surface area contributed by atoms with E-state index in [2.05, 4.69) is 9.97 Å². The number of hydrogen-bond donors (Lipinski definition) is 0. The highest BCUT2D eigenvalue weighted by Crippen LogP contribution is 2.32. The molecule has 8 nitrogen and oxygen atoms in total. The number of aromatic nitrogens is 2. The van der Waals surface area contributed by atoms with Crippen LogP contribution in [-0.4, -0.2) is 89.2 Å². The molecule has 1 aromatic heterocycles. The summed E-state index contributed by atoms with van der Waals surface area (Å²) in [6, 6.07) is 12.5. The zero-order valence-corrected chi connectivity index (χ0v) is 24.8. The minimum atomic E-state index is -4.41. The summed E-state index contributed by atoms with van der Waals surface area (Å²) in [5.41, 5.74) is -0.190. The topological polar surface area (TPSA) is 72.9 Å². The molecule has 2 saturated heterocycles. The predicted octanol–water partition coefficient (Wildman–Crippen LogP) is 5.08. The Morgan fingerprint density at radius 2 is 1.67 bits per heavy atom. The van der Waals surface area contributed by atoms with Crippen molar-refractivity contribution < 1.29 is 27.2 Å². The van der Waals surface area contributed by atoms with E-state index in [4.69, 9.17) is 11.6 Å². The average Bonchev–Trinajstić information content (AvgIpc) is 2.99. The van der Waals surface area contributed by atoms with Crippen LogP contribution in [0.15, 0.2) is 59.8 Å². The lowest BCUT2D eigenvalue weighted by Crippen LogP contribution is -2.54. The summed E-state index contributed by atoms with van der Waals surface area (Å²) in [7, 11) is 0. The molecule has 0 spiro atoms. The van der Waals surface area contributed by atoms with Gasteiger partial charge in [-0.1, -0.05) is 41.6 Å². The van der Waals surface area contributed by atoms with Gasteiger partial charge in [-0.2, -0.15) is 13.2 Å². The Morgan fingerprint density at radius 1 is 0.953 bits per heavy atom. The highest BCUT2D eigenvalue weighted by molar-refractivity contribution is 7.99. The Morgan fingerprint density at radius 3 is 2.37 bits per heavy atom. The van der Waals surface area contributed by atoms with Crippen molar-refractivity contribution in [3.8, 4) is 0 Å². The monoisotopic (exact) mass is 636 g/mol. The van der Waals surface area contributed by atoms with E-state index in [1.807, 2.05) is 16.7 Å². The second-order valence-electron chi connectivity index (χ2n) is 10.3. The third-order valence-corrected chi connectivity index (χ3v) is 8.50. The summed E-state index contributed by atoms with van der Waals surface area (Å²) in [4.78, 5) is 41.8. The molecule has 1 unspecified atom stereocenters. The van der Waals surface area contributed by atoms with Gasteiger partial charge < -0.3 is 19.6 Å². The molecule has 2 amide bonds. The molecule has 3 heterocycles. The first-order valence-electron chi connectivity index (χ1n) is 13.7. The van der Waals surface area contributed by atoms with E-state index in [1.165, 1.54) is 18.2 Å². The van der Waals surface area contributed by atoms with Crippen LogP contribution in [0.5, 0.6) is 0 Å². The van der Waals surface area contributed by atoms with Crippen molar-refractivity contribution in [3.05, 3.63) is 76.7 Å². The first-order chi connectivity index (χ1) is 20.5. The highest BCUT2D eigenvalue weighted by Gasteiger charge is 2.32. The maximum Gasteiger partial charge on any atom is 0.416 e. The second-order valence-corrected chi connectivity index (χ2v) is 11.6. The van der Waals surface area contributed by atoms with Gasteiger partial charge in [0.25, 0.3) is 5.91 Å². The molecule has 0 aliphatic carbocycles. The van der Waals surface area contributed by atoms with Crippen LogP contribution in [0, 0.1) is 5.82 Å². The largest absolute Gasteiger partial charge is 0.416 e. The molecule has 0 bridgehead atoms. The summed E-state index contributed by atoms with van der Waals surface area (Å²) in [6.45, 7) is 4.75. The number of piperazine rings is 2. The predicted molar refractivity (Wildman–Crippen MR) is 157 cm³/mol. The number of thioether (sulfide) groups is 1. The maximum absolute atomic E-state index is 14.2. The molecule has 0 N–H and O–H groups in total. The molecule has 0 radical (unpaired) electrons. The van der Waals surface area contributed by atoms with Crippen molar-refractivity contribution in [2.45, 2.75) is 24.3 Å². The van der Waals surface area contributed by atoms with E-state index in [1.54, 1.807) is 34.1 Å². The van der Waals surface area contributed by atoms with Gasteiger partial charge in [-0.3, -0.25) is 9.59 Å². The lowest BCUT2D eigenvalue weighted by atomic mass is 10.1. The minimum Gasteiger partial charge on any atom is -0.368 e. The number of carbonyl (C=O) groups is 2.